The molecule has 0 bridgehead atoms. The molecule has 0 aliphatic rings. The Labute approximate surface area is 115 Å². The fourth-order valence-corrected chi connectivity index (χ4v) is 2.32. The highest BCUT2D eigenvalue weighted by Gasteiger charge is 2.13. The van der Waals surface area contributed by atoms with Gasteiger partial charge >= 0.3 is 0 Å². The maximum atomic E-state index is 5.79. The van der Waals surface area contributed by atoms with Gasteiger partial charge in [0.2, 0.25) is 5.89 Å². The smallest absolute Gasteiger partial charge is 0.211 e. The van der Waals surface area contributed by atoms with Crippen LogP contribution < -0.4 is 5.32 Å². The average molecular weight is 342 g/mol. The Kier molecular flexibility index (Phi) is 4.17. The minimum atomic E-state index is 0.148. The number of oxazole rings is 1. The van der Waals surface area contributed by atoms with E-state index in [1.165, 1.54) is 3.57 Å². The van der Waals surface area contributed by atoms with Crippen LogP contribution in [-0.4, -0.2) is 11.5 Å². The summed E-state index contributed by atoms with van der Waals surface area (Å²) in [5.74, 6) is 1.57. The molecule has 0 aliphatic heterocycles. The molecule has 1 unspecified atom stereocenters. The van der Waals surface area contributed by atoms with E-state index in [0.29, 0.717) is 0 Å². The topological polar surface area (TPSA) is 38.1 Å². The van der Waals surface area contributed by atoms with Crippen molar-refractivity contribution >= 4 is 22.6 Å². The number of halogens is 1. The van der Waals surface area contributed by atoms with Crippen LogP contribution in [0.4, 0.5) is 0 Å². The molecule has 1 aromatic heterocycles. The lowest BCUT2D eigenvalue weighted by Gasteiger charge is -2.07. The number of nitrogens with one attached hydrogen (secondary N) is 1. The molecule has 3 nitrogen and oxygen atoms in total. The molecule has 4 heteroatoms. The second-order valence-electron chi connectivity index (χ2n) is 3.82. The van der Waals surface area contributed by atoms with E-state index in [1.807, 2.05) is 18.2 Å². The fourth-order valence-electron chi connectivity index (χ4n) is 1.67. The maximum absolute atomic E-state index is 5.79. The predicted molar refractivity (Wildman–Crippen MR) is 76.7 cm³/mol. The van der Waals surface area contributed by atoms with Gasteiger partial charge < -0.3 is 9.73 Å². The van der Waals surface area contributed by atoms with Crippen molar-refractivity contribution in [3.05, 3.63) is 39.9 Å². The van der Waals surface area contributed by atoms with E-state index in [9.17, 15) is 0 Å². The summed E-state index contributed by atoms with van der Waals surface area (Å²) in [5, 5.41) is 3.28. The molecule has 0 saturated carbocycles. The van der Waals surface area contributed by atoms with Crippen molar-refractivity contribution in [3.8, 4) is 11.3 Å². The van der Waals surface area contributed by atoms with E-state index < -0.39 is 0 Å². The summed E-state index contributed by atoms with van der Waals surface area (Å²) < 4.78 is 6.96. The average Bonchev–Trinajstić information content (AvgIpc) is 2.79. The summed E-state index contributed by atoms with van der Waals surface area (Å²) in [4.78, 5) is 4.32. The molecule has 0 fully saturated rings. The number of nitrogens with zero attached hydrogens (tertiary/aromatic N) is 1. The van der Waals surface area contributed by atoms with Gasteiger partial charge in [-0.15, -0.1) is 0 Å². The first-order valence-corrected chi connectivity index (χ1v) is 6.74. The summed E-state index contributed by atoms with van der Waals surface area (Å²) >= 11 is 2.30. The lowest BCUT2D eigenvalue weighted by Crippen LogP contribution is -2.17. The Hall–Kier alpha value is -0.880. The van der Waals surface area contributed by atoms with E-state index in [-0.39, 0.29) is 6.04 Å². The van der Waals surface area contributed by atoms with Crippen LogP contribution in [0.5, 0.6) is 0 Å². The third kappa shape index (κ3) is 2.87. The van der Waals surface area contributed by atoms with E-state index >= 15 is 0 Å². The van der Waals surface area contributed by atoms with Crippen molar-refractivity contribution in [1.82, 2.24) is 10.3 Å². The molecule has 0 amide bonds. The summed E-state index contributed by atoms with van der Waals surface area (Å²) in [5.41, 5.74) is 1.09. The van der Waals surface area contributed by atoms with E-state index in [0.717, 1.165) is 23.8 Å². The second-order valence-corrected chi connectivity index (χ2v) is 4.98. The molecule has 2 rings (SSSR count). The van der Waals surface area contributed by atoms with Crippen molar-refractivity contribution in [2.24, 2.45) is 0 Å². The molecule has 0 aliphatic carbocycles. The molecule has 0 spiro atoms. The summed E-state index contributed by atoms with van der Waals surface area (Å²) in [6.45, 7) is 5.03. The minimum Gasteiger partial charge on any atom is -0.439 e. The Morgan fingerprint density at radius 1 is 1.41 bits per heavy atom. The fraction of sp³-hybridized carbons (Fsp3) is 0.308. The van der Waals surface area contributed by atoms with E-state index in [4.69, 9.17) is 4.42 Å². The van der Waals surface area contributed by atoms with Crippen molar-refractivity contribution in [2.45, 2.75) is 19.9 Å². The summed E-state index contributed by atoms with van der Waals surface area (Å²) in [6.07, 6.45) is 1.79. The second kappa shape index (κ2) is 5.64. The van der Waals surface area contributed by atoms with Crippen molar-refractivity contribution in [1.29, 1.82) is 0 Å². The number of rotatable bonds is 4. The van der Waals surface area contributed by atoms with Gasteiger partial charge in [0, 0.05) is 9.13 Å². The normalized spacial score (nSPS) is 12.6. The molecule has 1 heterocycles. The lowest BCUT2D eigenvalue weighted by molar-refractivity contribution is 0.429. The molecule has 1 atom stereocenters. The van der Waals surface area contributed by atoms with Crippen LogP contribution >= 0.6 is 22.6 Å². The minimum absolute atomic E-state index is 0.148. The first-order valence-electron chi connectivity index (χ1n) is 5.66. The molecular formula is C13H15IN2O. The Balaban J connectivity index is 2.27. The first kappa shape index (κ1) is 12.6. The zero-order valence-corrected chi connectivity index (χ0v) is 12.1. The molecule has 2 aromatic rings. The van der Waals surface area contributed by atoms with Crippen LogP contribution in [0.2, 0.25) is 0 Å². The highest BCUT2D eigenvalue weighted by molar-refractivity contribution is 14.1. The highest BCUT2D eigenvalue weighted by Crippen LogP contribution is 2.27. The third-order valence-electron chi connectivity index (χ3n) is 2.54. The van der Waals surface area contributed by atoms with Gasteiger partial charge in [0.15, 0.2) is 5.76 Å². The monoisotopic (exact) mass is 342 g/mol. The van der Waals surface area contributed by atoms with Crippen LogP contribution in [0.1, 0.15) is 25.8 Å². The zero-order chi connectivity index (χ0) is 12.3. The quantitative estimate of drug-likeness (QED) is 0.863. The highest BCUT2D eigenvalue weighted by atomic mass is 127. The molecular weight excluding hydrogens is 327 g/mol. The Morgan fingerprint density at radius 2 is 2.18 bits per heavy atom. The van der Waals surface area contributed by atoms with Crippen LogP contribution in [0.3, 0.4) is 0 Å². The molecule has 90 valence electrons. The van der Waals surface area contributed by atoms with Gasteiger partial charge in [0.05, 0.1) is 12.2 Å². The van der Waals surface area contributed by atoms with Crippen molar-refractivity contribution in [2.75, 3.05) is 6.54 Å². The number of hydrogen-bond acceptors (Lipinski definition) is 3. The van der Waals surface area contributed by atoms with Gasteiger partial charge in [-0.2, -0.15) is 0 Å². The van der Waals surface area contributed by atoms with Gasteiger partial charge in [-0.1, -0.05) is 25.1 Å². The Morgan fingerprint density at radius 3 is 2.88 bits per heavy atom. The Bertz CT molecular complexity index is 496. The maximum Gasteiger partial charge on any atom is 0.211 e. The standard InChI is InChI=1S/C13H15IN2O/c1-3-15-9(2)13-16-8-12(17-13)10-6-4-5-7-11(10)14/h4-9,15H,3H2,1-2H3. The van der Waals surface area contributed by atoms with Crippen molar-refractivity contribution < 1.29 is 4.42 Å². The largest absolute Gasteiger partial charge is 0.439 e. The number of hydrogen-bond donors (Lipinski definition) is 1. The summed E-state index contributed by atoms with van der Waals surface area (Å²) in [7, 11) is 0. The molecule has 0 saturated heterocycles. The van der Waals surface area contributed by atoms with E-state index in [2.05, 4.69) is 52.8 Å². The first-order chi connectivity index (χ1) is 8.22. The predicted octanol–water partition coefficient (Wildman–Crippen LogP) is 3.62. The molecule has 0 radical (unpaired) electrons. The summed E-state index contributed by atoms with van der Waals surface area (Å²) in [6, 6.07) is 8.28. The molecule has 1 aromatic carbocycles. The van der Waals surface area contributed by atoms with Crippen LogP contribution in [0, 0.1) is 3.57 Å². The van der Waals surface area contributed by atoms with E-state index in [1.54, 1.807) is 6.20 Å². The van der Waals surface area contributed by atoms with Crippen LogP contribution in [-0.2, 0) is 0 Å². The van der Waals surface area contributed by atoms with Gasteiger partial charge in [-0.25, -0.2) is 4.98 Å². The van der Waals surface area contributed by atoms with Gasteiger partial charge in [-0.05, 0) is 42.1 Å². The zero-order valence-electron chi connectivity index (χ0n) is 9.90. The third-order valence-corrected chi connectivity index (χ3v) is 3.48. The number of aromatic nitrogens is 1. The van der Waals surface area contributed by atoms with Crippen molar-refractivity contribution in [3.63, 3.8) is 0 Å². The van der Waals surface area contributed by atoms with Gasteiger partial charge in [-0.3, -0.25) is 0 Å². The van der Waals surface area contributed by atoms with Gasteiger partial charge in [0.1, 0.15) is 0 Å². The van der Waals surface area contributed by atoms with Gasteiger partial charge in [0.25, 0.3) is 0 Å². The number of benzene rings is 1. The van der Waals surface area contributed by atoms with Crippen LogP contribution in [0.15, 0.2) is 34.9 Å². The molecule has 17 heavy (non-hydrogen) atoms. The molecule has 1 N–H and O–H groups in total. The lowest BCUT2D eigenvalue weighted by atomic mass is 10.2. The van der Waals surface area contributed by atoms with Crippen LogP contribution in [0.25, 0.3) is 11.3 Å². The SMILES string of the molecule is CCNC(C)c1ncc(-c2ccccc2I)o1.